The van der Waals surface area contributed by atoms with E-state index >= 15 is 0 Å². The third-order valence-electron chi connectivity index (χ3n) is 4.31. The Labute approximate surface area is 164 Å². The Hall–Kier alpha value is -2.31. The Balaban J connectivity index is 1.99. The van der Waals surface area contributed by atoms with Crippen molar-refractivity contribution in [3.8, 4) is 5.75 Å². The van der Waals surface area contributed by atoms with Gasteiger partial charge >= 0.3 is 0 Å². The Morgan fingerprint density at radius 3 is 2.48 bits per heavy atom. The molecule has 27 heavy (non-hydrogen) atoms. The molecule has 0 saturated carbocycles. The SMILES string of the molecule is CCOc1ccc(C(=O)N(c2ccc(C)c(Cl)c2)[C@@H]2C=CS(=O)(=O)C2)cc1. The van der Waals surface area contributed by atoms with E-state index in [2.05, 4.69) is 0 Å². The van der Waals surface area contributed by atoms with Gasteiger partial charge in [-0.1, -0.05) is 17.7 Å². The first kappa shape index (κ1) is 19.5. The fourth-order valence-electron chi connectivity index (χ4n) is 2.91. The van der Waals surface area contributed by atoms with Crippen LogP contribution in [0.1, 0.15) is 22.8 Å². The lowest BCUT2D eigenvalue weighted by atomic mass is 10.1. The minimum atomic E-state index is -3.32. The summed E-state index contributed by atoms with van der Waals surface area (Å²) in [4.78, 5) is 14.7. The van der Waals surface area contributed by atoms with Crippen LogP contribution in [-0.4, -0.2) is 32.7 Å². The van der Waals surface area contributed by atoms with Crippen LogP contribution in [0.3, 0.4) is 0 Å². The van der Waals surface area contributed by atoms with Gasteiger partial charge in [-0.05, 0) is 61.9 Å². The number of hydrogen-bond acceptors (Lipinski definition) is 4. The van der Waals surface area contributed by atoms with Crippen LogP contribution in [0.25, 0.3) is 0 Å². The highest BCUT2D eigenvalue weighted by Gasteiger charge is 2.32. The fraction of sp³-hybridized carbons (Fsp3) is 0.250. The van der Waals surface area contributed by atoms with Crippen molar-refractivity contribution in [1.82, 2.24) is 0 Å². The average Bonchev–Trinajstić information content (AvgIpc) is 2.98. The van der Waals surface area contributed by atoms with Crippen molar-refractivity contribution >= 4 is 33.0 Å². The smallest absolute Gasteiger partial charge is 0.258 e. The number of amides is 1. The van der Waals surface area contributed by atoms with E-state index in [1.807, 2.05) is 19.9 Å². The monoisotopic (exact) mass is 405 g/mol. The summed E-state index contributed by atoms with van der Waals surface area (Å²) in [6.45, 7) is 4.28. The zero-order valence-electron chi connectivity index (χ0n) is 15.1. The van der Waals surface area contributed by atoms with Gasteiger partial charge in [0.25, 0.3) is 5.91 Å². The van der Waals surface area contributed by atoms with Crippen molar-refractivity contribution < 1.29 is 17.9 Å². The first-order valence-corrected chi connectivity index (χ1v) is 10.6. The van der Waals surface area contributed by atoms with E-state index in [1.54, 1.807) is 36.4 Å². The molecule has 1 aliphatic heterocycles. The van der Waals surface area contributed by atoms with Crippen LogP contribution >= 0.6 is 11.6 Å². The molecule has 1 atom stereocenters. The predicted molar refractivity (Wildman–Crippen MR) is 107 cm³/mol. The number of anilines is 1. The number of hydrogen-bond donors (Lipinski definition) is 0. The molecular weight excluding hydrogens is 386 g/mol. The number of benzene rings is 2. The Morgan fingerprint density at radius 2 is 1.93 bits per heavy atom. The van der Waals surface area contributed by atoms with Gasteiger partial charge < -0.3 is 9.64 Å². The van der Waals surface area contributed by atoms with Gasteiger partial charge in [0, 0.05) is 21.7 Å². The molecule has 7 heteroatoms. The topological polar surface area (TPSA) is 63.7 Å². The zero-order valence-corrected chi connectivity index (χ0v) is 16.6. The Morgan fingerprint density at radius 1 is 1.22 bits per heavy atom. The number of nitrogens with zero attached hydrogens (tertiary/aromatic N) is 1. The molecule has 0 spiro atoms. The average molecular weight is 406 g/mol. The molecule has 0 saturated heterocycles. The van der Waals surface area contributed by atoms with Crippen molar-refractivity contribution in [1.29, 1.82) is 0 Å². The van der Waals surface area contributed by atoms with E-state index in [1.165, 1.54) is 11.0 Å². The van der Waals surface area contributed by atoms with Crippen molar-refractivity contribution in [3.05, 3.63) is 70.1 Å². The molecule has 0 aromatic heterocycles. The maximum Gasteiger partial charge on any atom is 0.258 e. The number of ether oxygens (including phenoxy) is 1. The quantitative estimate of drug-likeness (QED) is 0.754. The molecule has 0 N–H and O–H groups in total. The summed E-state index contributed by atoms with van der Waals surface area (Å²) >= 11 is 6.24. The van der Waals surface area contributed by atoms with Crippen LogP contribution in [0.15, 0.2) is 53.9 Å². The molecule has 0 fully saturated rings. The van der Waals surface area contributed by atoms with E-state index in [-0.39, 0.29) is 11.7 Å². The molecule has 2 aromatic carbocycles. The van der Waals surface area contributed by atoms with Crippen molar-refractivity contribution in [3.63, 3.8) is 0 Å². The second-order valence-electron chi connectivity index (χ2n) is 6.29. The van der Waals surface area contributed by atoms with E-state index in [9.17, 15) is 13.2 Å². The summed E-state index contributed by atoms with van der Waals surface area (Å²) in [7, 11) is -3.32. The lowest BCUT2D eigenvalue weighted by molar-refractivity contribution is 0.0983. The number of halogens is 1. The summed E-state index contributed by atoms with van der Waals surface area (Å²) in [6.07, 6.45) is 1.54. The third-order valence-corrected chi connectivity index (χ3v) is 6.09. The van der Waals surface area contributed by atoms with E-state index in [4.69, 9.17) is 16.3 Å². The minimum Gasteiger partial charge on any atom is -0.494 e. The number of carbonyl (C=O) groups is 1. The van der Waals surface area contributed by atoms with Crippen LogP contribution in [0, 0.1) is 6.92 Å². The van der Waals surface area contributed by atoms with Crippen LogP contribution in [0.4, 0.5) is 5.69 Å². The highest BCUT2D eigenvalue weighted by Crippen LogP contribution is 2.29. The number of aryl methyl sites for hydroxylation is 1. The second kappa shape index (κ2) is 7.74. The largest absolute Gasteiger partial charge is 0.494 e. The molecular formula is C20H20ClNO4S. The third kappa shape index (κ3) is 4.34. The van der Waals surface area contributed by atoms with Gasteiger partial charge in [-0.25, -0.2) is 8.42 Å². The summed E-state index contributed by atoms with van der Waals surface area (Å²) < 4.78 is 29.2. The van der Waals surface area contributed by atoms with E-state index < -0.39 is 15.9 Å². The van der Waals surface area contributed by atoms with Gasteiger partial charge in [-0.3, -0.25) is 4.79 Å². The first-order valence-electron chi connectivity index (χ1n) is 8.54. The normalized spacial score (nSPS) is 17.7. The van der Waals surface area contributed by atoms with Crippen LogP contribution < -0.4 is 9.64 Å². The maximum atomic E-state index is 13.2. The molecule has 5 nitrogen and oxygen atoms in total. The lowest BCUT2D eigenvalue weighted by Gasteiger charge is -2.28. The molecule has 0 unspecified atom stereocenters. The lowest BCUT2D eigenvalue weighted by Crippen LogP contribution is -2.41. The maximum absolute atomic E-state index is 13.2. The molecule has 2 aromatic rings. The first-order chi connectivity index (χ1) is 12.8. The molecule has 0 aliphatic carbocycles. The summed E-state index contributed by atoms with van der Waals surface area (Å²) in [5, 5.41) is 1.67. The molecule has 1 amide bonds. The minimum absolute atomic E-state index is 0.152. The van der Waals surface area contributed by atoms with E-state index in [0.717, 1.165) is 11.0 Å². The van der Waals surface area contributed by atoms with Crippen molar-refractivity contribution in [2.24, 2.45) is 0 Å². The molecule has 142 valence electrons. The van der Waals surface area contributed by atoms with E-state index in [0.29, 0.717) is 28.6 Å². The van der Waals surface area contributed by atoms with Gasteiger partial charge in [-0.2, -0.15) is 0 Å². The summed E-state index contributed by atoms with van der Waals surface area (Å²) in [6, 6.07) is 11.5. The number of carbonyl (C=O) groups excluding carboxylic acids is 1. The summed E-state index contributed by atoms with van der Waals surface area (Å²) in [5.41, 5.74) is 1.87. The van der Waals surface area contributed by atoms with Crippen LogP contribution in [0.5, 0.6) is 5.75 Å². The number of rotatable bonds is 5. The van der Waals surface area contributed by atoms with Gasteiger partial charge in [-0.15, -0.1) is 0 Å². The second-order valence-corrected chi connectivity index (χ2v) is 8.63. The van der Waals surface area contributed by atoms with Gasteiger partial charge in [0.2, 0.25) is 0 Å². The molecule has 1 aliphatic rings. The van der Waals surface area contributed by atoms with Gasteiger partial charge in [0.05, 0.1) is 18.4 Å². The summed E-state index contributed by atoms with van der Waals surface area (Å²) in [5.74, 6) is 0.216. The zero-order chi connectivity index (χ0) is 19.6. The Kier molecular flexibility index (Phi) is 5.58. The van der Waals surface area contributed by atoms with Crippen molar-refractivity contribution in [2.45, 2.75) is 19.9 Å². The van der Waals surface area contributed by atoms with Gasteiger partial charge in [0.15, 0.2) is 9.84 Å². The highest BCUT2D eigenvalue weighted by atomic mass is 35.5. The highest BCUT2D eigenvalue weighted by molar-refractivity contribution is 7.94. The van der Waals surface area contributed by atoms with Crippen LogP contribution in [0.2, 0.25) is 5.02 Å². The van der Waals surface area contributed by atoms with Crippen LogP contribution in [-0.2, 0) is 9.84 Å². The molecule has 3 rings (SSSR count). The predicted octanol–water partition coefficient (Wildman–Crippen LogP) is 4.00. The van der Waals surface area contributed by atoms with Gasteiger partial charge in [0.1, 0.15) is 5.75 Å². The molecule has 0 radical (unpaired) electrons. The fourth-order valence-corrected chi connectivity index (χ4v) is 4.35. The van der Waals surface area contributed by atoms with Crippen molar-refractivity contribution in [2.75, 3.05) is 17.3 Å². The number of sulfone groups is 1. The Bertz CT molecular complexity index is 984. The molecule has 1 heterocycles. The molecule has 0 bridgehead atoms. The standard InChI is InChI=1S/C20H20ClNO4S/c1-3-26-18-8-5-15(6-9-18)20(23)22(17-10-11-27(24,25)13-17)16-7-4-14(2)19(21)12-16/h4-12,17H,3,13H2,1-2H3/t17-/m1/s1.